The Morgan fingerprint density at radius 3 is 3.15 bits per heavy atom. The highest BCUT2D eigenvalue weighted by Gasteiger charge is 2.11. The third kappa shape index (κ3) is 1.31. The van der Waals surface area contributed by atoms with Crippen LogP contribution in [0.2, 0.25) is 5.15 Å². The van der Waals surface area contributed by atoms with Crippen molar-refractivity contribution in [2.24, 2.45) is 0 Å². The van der Waals surface area contributed by atoms with E-state index < -0.39 is 0 Å². The van der Waals surface area contributed by atoms with Crippen LogP contribution in [0.15, 0.2) is 6.33 Å². The fraction of sp³-hybridized carbons (Fsp3) is 0.286. The highest BCUT2D eigenvalue weighted by Crippen LogP contribution is 2.26. The van der Waals surface area contributed by atoms with E-state index in [1.807, 2.05) is 6.92 Å². The van der Waals surface area contributed by atoms with Gasteiger partial charge in [0, 0.05) is 0 Å². The number of rotatable bonds is 2. The lowest BCUT2D eigenvalue weighted by atomic mass is 10.4. The van der Waals surface area contributed by atoms with Gasteiger partial charge in [0.1, 0.15) is 16.9 Å². The largest absolute Gasteiger partial charge is 0.476 e. The first kappa shape index (κ1) is 8.25. The van der Waals surface area contributed by atoms with E-state index in [9.17, 15) is 0 Å². The summed E-state index contributed by atoms with van der Waals surface area (Å²) in [6, 6.07) is 0. The average molecular weight is 199 g/mol. The number of nitrogens with one attached hydrogen (secondary N) is 1. The summed E-state index contributed by atoms with van der Waals surface area (Å²) in [6.07, 6.45) is 1.37. The standard InChI is InChI=1S/C7H7ClN4O/c1-2-13-7-4-5(8)9-3-10-6(4)11-12-7/h3H,2H2,1H3,(H,9,10,11,12). The van der Waals surface area contributed by atoms with E-state index in [1.54, 1.807) is 0 Å². The monoisotopic (exact) mass is 198 g/mol. The molecule has 2 aromatic heterocycles. The van der Waals surface area contributed by atoms with Crippen molar-refractivity contribution in [3.8, 4) is 5.88 Å². The van der Waals surface area contributed by atoms with Crippen molar-refractivity contribution in [1.29, 1.82) is 0 Å². The fourth-order valence-corrected chi connectivity index (χ4v) is 1.25. The van der Waals surface area contributed by atoms with Crippen molar-refractivity contribution in [2.45, 2.75) is 6.92 Å². The van der Waals surface area contributed by atoms with E-state index in [4.69, 9.17) is 16.3 Å². The molecule has 0 atom stereocenters. The normalized spacial score (nSPS) is 10.6. The molecule has 68 valence electrons. The topological polar surface area (TPSA) is 63.7 Å². The van der Waals surface area contributed by atoms with E-state index in [1.165, 1.54) is 6.33 Å². The first-order valence-corrected chi connectivity index (χ1v) is 4.18. The summed E-state index contributed by atoms with van der Waals surface area (Å²) in [5.74, 6) is 0.447. The van der Waals surface area contributed by atoms with Crippen LogP contribution >= 0.6 is 11.6 Å². The molecule has 2 heterocycles. The molecule has 0 saturated heterocycles. The van der Waals surface area contributed by atoms with Crippen molar-refractivity contribution < 1.29 is 4.74 Å². The highest BCUT2D eigenvalue weighted by atomic mass is 35.5. The third-order valence-electron chi connectivity index (χ3n) is 1.56. The minimum atomic E-state index is 0.349. The number of hydrogen-bond donors (Lipinski definition) is 1. The van der Waals surface area contributed by atoms with Gasteiger partial charge in [0.05, 0.1) is 6.61 Å². The van der Waals surface area contributed by atoms with E-state index >= 15 is 0 Å². The van der Waals surface area contributed by atoms with Crippen LogP contribution in [0.5, 0.6) is 5.88 Å². The molecular weight excluding hydrogens is 192 g/mol. The van der Waals surface area contributed by atoms with Crippen LogP contribution < -0.4 is 4.74 Å². The zero-order chi connectivity index (χ0) is 9.26. The number of ether oxygens (including phenoxy) is 1. The third-order valence-corrected chi connectivity index (χ3v) is 1.85. The van der Waals surface area contributed by atoms with Gasteiger partial charge in [-0.05, 0) is 6.92 Å². The summed E-state index contributed by atoms with van der Waals surface area (Å²) in [4.78, 5) is 7.79. The van der Waals surface area contributed by atoms with Crippen molar-refractivity contribution in [3.05, 3.63) is 11.5 Å². The maximum Gasteiger partial charge on any atom is 0.245 e. The molecule has 0 aliphatic carbocycles. The lowest BCUT2D eigenvalue weighted by molar-refractivity contribution is 0.330. The summed E-state index contributed by atoms with van der Waals surface area (Å²) in [6.45, 7) is 2.41. The summed E-state index contributed by atoms with van der Waals surface area (Å²) >= 11 is 5.85. The Bertz CT molecular complexity index is 427. The second-order valence-corrected chi connectivity index (χ2v) is 2.71. The molecule has 2 rings (SSSR count). The van der Waals surface area contributed by atoms with E-state index in [0.29, 0.717) is 28.7 Å². The van der Waals surface area contributed by atoms with Gasteiger partial charge in [-0.2, -0.15) is 0 Å². The smallest absolute Gasteiger partial charge is 0.245 e. The number of aromatic amines is 1. The molecule has 0 aliphatic rings. The number of fused-ring (bicyclic) bond motifs is 1. The quantitative estimate of drug-likeness (QED) is 0.741. The van der Waals surface area contributed by atoms with Crippen LogP contribution in [-0.2, 0) is 0 Å². The molecule has 6 heteroatoms. The number of H-pyrrole nitrogens is 1. The Hall–Kier alpha value is -1.36. The maximum absolute atomic E-state index is 5.85. The Kier molecular flexibility index (Phi) is 2.02. The number of hydrogen-bond acceptors (Lipinski definition) is 4. The molecule has 0 radical (unpaired) electrons. The predicted molar refractivity (Wildman–Crippen MR) is 47.9 cm³/mol. The molecule has 2 aromatic rings. The molecule has 0 aliphatic heterocycles. The van der Waals surface area contributed by atoms with Gasteiger partial charge in [0.2, 0.25) is 5.88 Å². The van der Waals surface area contributed by atoms with Gasteiger partial charge in [0.15, 0.2) is 5.65 Å². The molecule has 0 fully saturated rings. The summed E-state index contributed by atoms with van der Waals surface area (Å²) in [5.41, 5.74) is 0.587. The first-order valence-electron chi connectivity index (χ1n) is 3.80. The van der Waals surface area contributed by atoms with Gasteiger partial charge >= 0.3 is 0 Å². The van der Waals surface area contributed by atoms with E-state index in [-0.39, 0.29) is 0 Å². The molecule has 13 heavy (non-hydrogen) atoms. The molecule has 0 bridgehead atoms. The van der Waals surface area contributed by atoms with Gasteiger partial charge in [-0.3, -0.25) is 5.10 Å². The zero-order valence-corrected chi connectivity index (χ0v) is 7.67. The Balaban J connectivity index is 2.64. The maximum atomic E-state index is 5.85. The fourth-order valence-electron chi connectivity index (χ4n) is 1.04. The van der Waals surface area contributed by atoms with Gasteiger partial charge in [-0.25, -0.2) is 9.97 Å². The van der Waals surface area contributed by atoms with Gasteiger partial charge in [-0.15, -0.1) is 5.10 Å². The second-order valence-electron chi connectivity index (χ2n) is 2.35. The van der Waals surface area contributed by atoms with E-state index in [0.717, 1.165) is 0 Å². The van der Waals surface area contributed by atoms with Crippen LogP contribution in [0.3, 0.4) is 0 Å². The molecule has 0 saturated carbocycles. The summed E-state index contributed by atoms with van der Waals surface area (Å²) in [5, 5.41) is 7.59. The van der Waals surface area contributed by atoms with Crippen molar-refractivity contribution in [2.75, 3.05) is 6.61 Å². The molecule has 0 aromatic carbocycles. The predicted octanol–water partition coefficient (Wildman–Crippen LogP) is 1.40. The number of halogens is 1. The van der Waals surface area contributed by atoms with Crippen LogP contribution in [0.1, 0.15) is 6.92 Å². The van der Waals surface area contributed by atoms with E-state index in [2.05, 4.69) is 20.2 Å². The van der Waals surface area contributed by atoms with Crippen LogP contribution in [0.25, 0.3) is 11.0 Å². The highest BCUT2D eigenvalue weighted by molar-refractivity contribution is 6.34. The van der Waals surface area contributed by atoms with Crippen LogP contribution in [-0.4, -0.2) is 26.8 Å². The van der Waals surface area contributed by atoms with Crippen LogP contribution in [0, 0.1) is 0 Å². The van der Waals surface area contributed by atoms with Crippen LogP contribution in [0.4, 0.5) is 0 Å². The number of nitrogens with zero attached hydrogens (tertiary/aromatic N) is 3. The van der Waals surface area contributed by atoms with Crippen molar-refractivity contribution >= 4 is 22.6 Å². The lowest BCUT2D eigenvalue weighted by Crippen LogP contribution is -1.92. The lowest BCUT2D eigenvalue weighted by Gasteiger charge is -1.97. The Labute approximate surface area is 79.1 Å². The van der Waals surface area contributed by atoms with Crippen molar-refractivity contribution in [3.63, 3.8) is 0 Å². The van der Waals surface area contributed by atoms with Gasteiger partial charge < -0.3 is 4.74 Å². The Morgan fingerprint density at radius 1 is 1.54 bits per heavy atom. The molecular formula is C7H7ClN4O. The zero-order valence-electron chi connectivity index (χ0n) is 6.91. The second kappa shape index (κ2) is 3.18. The molecule has 5 nitrogen and oxygen atoms in total. The number of aromatic nitrogens is 4. The first-order chi connectivity index (χ1) is 6.33. The molecule has 0 spiro atoms. The van der Waals surface area contributed by atoms with Gasteiger partial charge in [0.25, 0.3) is 0 Å². The molecule has 1 N–H and O–H groups in total. The van der Waals surface area contributed by atoms with Gasteiger partial charge in [-0.1, -0.05) is 11.6 Å². The minimum Gasteiger partial charge on any atom is -0.476 e. The summed E-state index contributed by atoms with van der Waals surface area (Å²) < 4.78 is 5.23. The SMILES string of the molecule is CCOc1n[nH]c2ncnc(Cl)c12. The molecule has 0 amide bonds. The molecule has 0 unspecified atom stereocenters. The minimum absolute atomic E-state index is 0.349. The summed E-state index contributed by atoms with van der Waals surface area (Å²) in [7, 11) is 0. The average Bonchev–Trinajstić information content (AvgIpc) is 2.51. The van der Waals surface area contributed by atoms with Crippen molar-refractivity contribution in [1.82, 2.24) is 20.2 Å². The Morgan fingerprint density at radius 2 is 2.38 bits per heavy atom.